The van der Waals surface area contributed by atoms with Gasteiger partial charge in [0.05, 0.1) is 37.6 Å². The topological polar surface area (TPSA) is 56.6 Å². The van der Waals surface area contributed by atoms with Gasteiger partial charge in [-0.15, -0.1) is 0 Å². The van der Waals surface area contributed by atoms with Crippen molar-refractivity contribution in [3.8, 4) is 11.5 Å². The third kappa shape index (κ3) is 3.42. The average molecular weight is 379 g/mol. The van der Waals surface area contributed by atoms with Crippen molar-refractivity contribution < 1.29 is 14.3 Å². The molecule has 0 aliphatic carbocycles. The van der Waals surface area contributed by atoms with E-state index in [1.54, 1.807) is 14.2 Å². The summed E-state index contributed by atoms with van der Waals surface area (Å²) in [6.45, 7) is 1.43. The van der Waals surface area contributed by atoms with Gasteiger partial charge in [0.25, 0.3) is 0 Å². The van der Waals surface area contributed by atoms with Crippen LogP contribution in [0.15, 0.2) is 48.8 Å². The molecular weight excluding hydrogens is 354 g/mol. The number of benzene rings is 2. The Morgan fingerprint density at radius 2 is 1.96 bits per heavy atom. The number of hydrogen-bond acceptors (Lipinski definition) is 4. The molecule has 1 atom stereocenters. The van der Waals surface area contributed by atoms with Crippen LogP contribution in [0, 0.1) is 0 Å². The monoisotopic (exact) mass is 379 g/mol. The van der Waals surface area contributed by atoms with E-state index in [1.165, 1.54) is 0 Å². The summed E-state index contributed by atoms with van der Waals surface area (Å²) in [5.74, 6) is 1.58. The van der Waals surface area contributed by atoms with Gasteiger partial charge >= 0.3 is 0 Å². The molecule has 28 heavy (non-hydrogen) atoms. The molecule has 0 radical (unpaired) electrons. The van der Waals surface area contributed by atoms with Crippen LogP contribution in [-0.2, 0) is 11.3 Å². The lowest BCUT2D eigenvalue weighted by molar-refractivity contribution is -0.132. The summed E-state index contributed by atoms with van der Waals surface area (Å²) in [5, 5.41) is 0. The van der Waals surface area contributed by atoms with E-state index in [0.717, 1.165) is 36.0 Å². The maximum absolute atomic E-state index is 13.0. The number of rotatable bonds is 6. The first-order valence-corrected chi connectivity index (χ1v) is 9.62. The zero-order valence-electron chi connectivity index (χ0n) is 16.3. The summed E-state index contributed by atoms with van der Waals surface area (Å²) < 4.78 is 12.8. The molecule has 0 N–H and O–H groups in total. The number of hydrogen-bond donors (Lipinski definition) is 0. The first kappa shape index (κ1) is 18.3. The lowest BCUT2D eigenvalue weighted by Gasteiger charge is -2.26. The summed E-state index contributed by atoms with van der Waals surface area (Å²) in [5.41, 5.74) is 3.11. The fraction of sp³-hybridized carbons (Fsp3) is 0.364. The van der Waals surface area contributed by atoms with Gasteiger partial charge in [0, 0.05) is 19.5 Å². The van der Waals surface area contributed by atoms with E-state index in [1.807, 2.05) is 53.7 Å². The molecule has 4 rings (SSSR count). The van der Waals surface area contributed by atoms with Crippen LogP contribution >= 0.6 is 0 Å². The van der Waals surface area contributed by atoms with Crippen LogP contribution in [0.1, 0.15) is 30.9 Å². The quantitative estimate of drug-likeness (QED) is 0.654. The number of ether oxygens (including phenoxy) is 2. The van der Waals surface area contributed by atoms with Crippen molar-refractivity contribution in [3.05, 3.63) is 54.4 Å². The molecular formula is C22H25N3O3. The van der Waals surface area contributed by atoms with Gasteiger partial charge in [-0.3, -0.25) is 4.79 Å². The molecule has 1 aromatic heterocycles. The van der Waals surface area contributed by atoms with E-state index in [9.17, 15) is 4.79 Å². The highest BCUT2D eigenvalue weighted by atomic mass is 16.5. The standard InChI is InChI=1S/C22H25N3O3/c1-27-20-10-9-16(14-21(20)28-2)18-8-5-12-25(18)22(26)11-13-24-15-23-17-6-3-4-7-19(17)24/h3-4,6-7,9-10,14-15,18H,5,8,11-13H2,1-2H3. The fourth-order valence-corrected chi connectivity index (χ4v) is 4.02. The van der Waals surface area contributed by atoms with Gasteiger partial charge in [-0.2, -0.15) is 0 Å². The van der Waals surface area contributed by atoms with Crippen LogP contribution in [0.3, 0.4) is 0 Å². The molecule has 0 bridgehead atoms. The van der Waals surface area contributed by atoms with E-state index in [4.69, 9.17) is 9.47 Å². The van der Waals surface area contributed by atoms with Gasteiger partial charge in [-0.25, -0.2) is 4.98 Å². The van der Waals surface area contributed by atoms with E-state index in [0.29, 0.717) is 24.5 Å². The van der Waals surface area contributed by atoms with Crippen LogP contribution in [0.5, 0.6) is 11.5 Å². The Balaban J connectivity index is 1.48. The molecule has 2 heterocycles. The predicted octanol–water partition coefficient (Wildman–Crippen LogP) is 3.81. The number of nitrogens with zero attached hydrogens (tertiary/aromatic N) is 3. The maximum Gasteiger partial charge on any atom is 0.224 e. The molecule has 1 aliphatic rings. The van der Waals surface area contributed by atoms with Gasteiger partial charge in [0.2, 0.25) is 5.91 Å². The Hall–Kier alpha value is -3.02. The highest BCUT2D eigenvalue weighted by molar-refractivity contribution is 5.78. The number of methoxy groups -OCH3 is 2. The molecule has 1 amide bonds. The lowest BCUT2D eigenvalue weighted by atomic mass is 10.0. The summed E-state index contributed by atoms with van der Waals surface area (Å²) in [4.78, 5) is 19.4. The summed E-state index contributed by atoms with van der Waals surface area (Å²) >= 11 is 0. The van der Waals surface area contributed by atoms with Crippen molar-refractivity contribution in [2.75, 3.05) is 20.8 Å². The van der Waals surface area contributed by atoms with Crippen molar-refractivity contribution >= 4 is 16.9 Å². The Morgan fingerprint density at radius 1 is 1.14 bits per heavy atom. The second-order valence-electron chi connectivity index (χ2n) is 7.04. The Bertz CT molecular complexity index is 982. The number of aromatic nitrogens is 2. The van der Waals surface area contributed by atoms with E-state index < -0.39 is 0 Å². The number of imidazole rings is 1. The van der Waals surface area contributed by atoms with Gasteiger partial charge in [-0.05, 0) is 42.7 Å². The molecule has 146 valence electrons. The lowest BCUT2D eigenvalue weighted by Crippen LogP contribution is -2.31. The van der Waals surface area contributed by atoms with Crippen molar-refractivity contribution in [2.24, 2.45) is 0 Å². The van der Waals surface area contributed by atoms with E-state index >= 15 is 0 Å². The second-order valence-corrected chi connectivity index (χ2v) is 7.04. The van der Waals surface area contributed by atoms with Gasteiger partial charge < -0.3 is 18.9 Å². The molecule has 6 heteroatoms. The van der Waals surface area contributed by atoms with Crippen molar-refractivity contribution in [1.29, 1.82) is 0 Å². The first-order valence-electron chi connectivity index (χ1n) is 9.62. The van der Waals surface area contributed by atoms with Crippen molar-refractivity contribution in [3.63, 3.8) is 0 Å². The largest absolute Gasteiger partial charge is 0.493 e. The zero-order chi connectivity index (χ0) is 19.5. The summed E-state index contributed by atoms with van der Waals surface area (Å²) in [6.07, 6.45) is 4.26. The van der Waals surface area contributed by atoms with Crippen LogP contribution in [-0.4, -0.2) is 41.1 Å². The number of carbonyl (C=O) groups is 1. The van der Waals surface area contributed by atoms with Crippen LogP contribution < -0.4 is 9.47 Å². The number of carbonyl (C=O) groups excluding carboxylic acids is 1. The third-order valence-electron chi connectivity index (χ3n) is 5.46. The molecule has 2 aromatic carbocycles. The smallest absolute Gasteiger partial charge is 0.224 e. The minimum atomic E-state index is 0.0897. The minimum Gasteiger partial charge on any atom is -0.493 e. The number of fused-ring (bicyclic) bond motifs is 1. The number of aryl methyl sites for hydroxylation is 1. The average Bonchev–Trinajstić information content (AvgIpc) is 3.39. The van der Waals surface area contributed by atoms with E-state index in [2.05, 4.69) is 9.55 Å². The van der Waals surface area contributed by atoms with Gasteiger partial charge in [-0.1, -0.05) is 18.2 Å². The van der Waals surface area contributed by atoms with Crippen molar-refractivity contribution in [1.82, 2.24) is 14.5 Å². The highest BCUT2D eigenvalue weighted by Crippen LogP contribution is 2.37. The predicted molar refractivity (Wildman–Crippen MR) is 108 cm³/mol. The summed E-state index contributed by atoms with van der Waals surface area (Å²) in [6, 6.07) is 14.0. The third-order valence-corrected chi connectivity index (χ3v) is 5.46. The fourth-order valence-electron chi connectivity index (χ4n) is 4.02. The normalized spacial score (nSPS) is 16.5. The molecule has 1 aliphatic heterocycles. The van der Waals surface area contributed by atoms with Crippen LogP contribution in [0.2, 0.25) is 0 Å². The first-order chi connectivity index (χ1) is 13.7. The molecule has 1 saturated heterocycles. The molecule has 6 nitrogen and oxygen atoms in total. The SMILES string of the molecule is COc1ccc(C2CCCN2C(=O)CCn2cnc3ccccc32)cc1OC. The summed E-state index contributed by atoms with van der Waals surface area (Å²) in [7, 11) is 3.26. The maximum atomic E-state index is 13.0. The molecule has 0 saturated carbocycles. The molecule has 1 fully saturated rings. The molecule has 3 aromatic rings. The zero-order valence-corrected chi connectivity index (χ0v) is 16.3. The number of likely N-dealkylation sites (tertiary alicyclic amines) is 1. The van der Waals surface area contributed by atoms with Gasteiger partial charge in [0.1, 0.15) is 0 Å². The minimum absolute atomic E-state index is 0.0897. The second kappa shape index (κ2) is 7.92. The van der Waals surface area contributed by atoms with Crippen molar-refractivity contribution in [2.45, 2.75) is 31.8 Å². The number of para-hydroxylation sites is 2. The van der Waals surface area contributed by atoms with Crippen LogP contribution in [0.4, 0.5) is 0 Å². The highest BCUT2D eigenvalue weighted by Gasteiger charge is 2.30. The Labute approximate surface area is 164 Å². The molecule has 0 spiro atoms. The van der Waals surface area contributed by atoms with E-state index in [-0.39, 0.29) is 11.9 Å². The van der Waals surface area contributed by atoms with Crippen LogP contribution in [0.25, 0.3) is 11.0 Å². The molecule has 1 unspecified atom stereocenters. The van der Waals surface area contributed by atoms with Gasteiger partial charge in [0.15, 0.2) is 11.5 Å². The Kier molecular flexibility index (Phi) is 5.19. The Morgan fingerprint density at radius 3 is 2.79 bits per heavy atom. The number of amides is 1.